The quantitative estimate of drug-likeness (QED) is 0.599. The molecule has 20 heavy (non-hydrogen) atoms. The van der Waals surface area contributed by atoms with Gasteiger partial charge in [-0.15, -0.1) is 13.2 Å². The lowest BCUT2D eigenvalue weighted by molar-refractivity contribution is -0.274. The van der Waals surface area contributed by atoms with Crippen molar-refractivity contribution in [3.8, 4) is 5.75 Å². The van der Waals surface area contributed by atoms with E-state index in [0.29, 0.717) is 5.56 Å². The maximum Gasteiger partial charge on any atom is 0.573 e. The van der Waals surface area contributed by atoms with Crippen LogP contribution in [0.2, 0.25) is 0 Å². The molecule has 2 unspecified atom stereocenters. The van der Waals surface area contributed by atoms with Gasteiger partial charge in [-0.1, -0.05) is 25.5 Å². The zero-order chi connectivity index (χ0) is 15.2. The molecule has 0 bridgehead atoms. The minimum absolute atomic E-state index is 0.230. The first-order valence-corrected chi connectivity index (χ1v) is 6.26. The van der Waals surface area contributed by atoms with Crippen LogP contribution in [0.1, 0.15) is 31.4 Å². The van der Waals surface area contributed by atoms with Gasteiger partial charge < -0.3 is 9.47 Å². The Bertz CT molecular complexity index is 413. The van der Waals surface area contributed by atoms with E-state index in [1.54, 1.807) is 13.2 Å². The lowest BCUT2D eigenvalue weighted by Gasteiger charge is -2.26. The van der Waals surface area contributed by atoms with Crippen molar-refractivity contribution in [2.45, 2.75) is 38.3 Å². The zero-order valence-electron chi connectivity index (χ0n) is 11.4. The molecule has 1 aromatic rings. The predicted octanol–water partition coefficient (Wildman–Crippen LogP) is 2.90. The molecule has 4 nitrogen and oxygen atoms in total. The summed E-state index contributed by atoms with van der Waals surface area (Å²) in [7, 11) is 1.54. The van der Waals surface area contributed by atoms with Gasteiger partial charge in [-0.2, -0.15) is 0 Å². The second kappa shape index (κ2) is 7.47. The largest absolute Gasteiger partial charge is 0.573 e. The summed E-state index contributed by atoms with van der Waals surface area (Å²) >= 11 is 0. The molecule has 0 aliphatic rings. The van der Waals surface area contributed by atoms with E-state index in [1.165, 1.54) is 18.2 Å². The Labute approximate surface area is 116 Å². The minimum atomic E-state index is -4.71. The van der Waals surface area contributed by atoms with Crippen molar-refractivity contribution in [1.82, 2.24) is 5.43 Å². The maximum atomic E-state index is 12.2. The van der Waals surface area contributed by atoms with Crippen LogP contribution in [-0.4, -0.2) is 19.6 Å². The summed E-state index contributed by atoms with van der Waals surface area (Å²) in [5, 5.41) is 0. The number of rotatable bonds is 7. The van der Waals surface area contributed by atoms with Crippen molar-refractivity contribution in [2.75, 3.05) is 7.11 Å². The van der Waals surface area contributed by atoms with Crippen molar-refractivity contribution >= 4 is 0 Å². The summed E-state index contributed by atoms with van der Waals surface area (Å²) in [5.74, 6) is 5.22. The lowest BCUT2D eigenvalue weighted by atomic mass is 9.98. The molecule has 7 heteroatoms. The van der Waals surface area contributed by atoms with E-state index in [2.05, 4.69) is 10.2 Å². The van der Waals surface area contributed by atoms with Crippen LogP contribution in [0.3, 0.4) is 0 Å². The van der Waals surface area contributed by atoms with Crippen LogP contribution >= 0.6 is 0 Å². The second-order valence-corrected chi connectivity index (χ2v) is 4.33. The van der Waals surface area contributed by atoms with Crippen molar-refractivity contribution in [1.29, 1.82) is 0 Å². The van der Waals surface area contributed by atoms with E-state index in [1.807, 2.05) is 6.92 Å². The molecule has 114 valence electrons. The average Bonchev–Trinajstić information content (AvgIpc) is 2.37. The van der Waals surface area contributed by atoms with E-state index in [4.69, 9.17) is 10.6 Å². The van der Waals surface area contributed by atoms with Gasteiger partial charge in [0.1, 0.15) is 5.75 Å². The first-order chi connectivity index (χ1) is 9.41. The van der Waals surface area contributed by atoms with Gasteiger partial charge in [0.25, 0.3) is 0 Å². The number of benzene rings is 1. The van der Waals surface area contributed by atoms with Crippen LogP contribution in [-0.2, 0) is 4.74 Å². The van der Waals surface area contributed by atoms with E-state index in [9.17, 15) is 13.2 Å². The van der Waals surface area contributed by atoms with Gasteiger partial charge in [0.05, 0.1) is 12.1 Å². The molecule has 0 saturated carbocycles. The smallest absolute Gasteiger partial charge is 0.406 e. The van der Waals surface area contributed by atoms with Crippen LogP contribution in [0.4, 0.5) is 13.2 Å². The van der Waals surface area contributed by atoms with Gasteiger partial charge in [-0.3, -0.25) is 11.3 Å². The van der Waals surface area contributed by atoms with E-state index in [-0.39, 0.29) is 11.9 Å². The molecule has 1 rings (SSSR count). The second-order valence-electron chi connectivity index (χ2n) is 4.33. The first kappa shape index (κ1) is 16.7. The van der Waals surface area contributed by atoms with Crippen molar-refractivity contribution < 1.29 is 22.6 Å². The van der Waals surface area contributed by atoms with Crippen LogP contribution in [0.25, 0.3) is 0 Å². The van der Waals surface area contributed by atoms with Gasteiger partial charge in [-0.05, 0) is 24.1 Å². The van der Waals surface area contributed by atoms with Gasteiger partial charge in [0.15, 0.2) is 0 Å². The molecule has 0 heterocycles. The Kier molecular flexibility index (Phi) is 6.25. The number of hydrazine groups is 1. The van der Waals surface area contributed by atoms with E-state index >= 15 is 0 Å². The van der Waals surface area contributed by atoms with Crippen LogP contribution in [0.15, 0.2) is 24.3 Å². The number of hydrogen-bond donors (Lipinski definition) is 2. The molecular formula is C13H19F3N2O2. The monoisotopic (exact) mass is 292 g/mol. The highest BCUT2D eigenvalue weighted by molar-refractivity contribution is 5.31. The van der Waals surface area contributed by atoms with Gasteiger partial charge in [0, 0.05) is 7.11 Å². The number of alkyl halides is 3. The number of nitrogens with two attached hydrogens (primary N) is 1. The molecule has 0 aromatic heterocycles. The fourth-order valence-corrected chi connectivity index (χ4v) is 2.03. The first-order valence-electron chi connectivity index (χ1n) is 6.26. The Morgan fingerprint density at radius 3 is 2.55 bits per heavy atom. The van der Waals surface area contributed by atoms with Gasteiger partial charge >= 0.3 is 6.36 Å². The Morgan fingerprint density at radius 1 is 1.35 bits per heavy atom. The van der Waals surface area contributed by atoms with Crippen molar-refractivity contribution in [3.63, 3.8) is 0 Å². The molecule has 2 atom stereocenters. The lowest BCUT2D eigenvalue weighted by Crippen LogP contribution is -2.37. The Morgan fingerprint density at radius 2 is 2.05 bits per heavy atom. The molecular weight excluding hydrogens is 273 g/mol. The molecule has 0 spiro atoms. The molecule has 3 N–H and O–H groups in total. The van der Waals surface area contributed by atoms with E-state index < -0.39 is 12.4 Å². The summed E-state index contributed by atoms with van der Waals surface area (Å²) in [6.07, 6.45) is -3.34. The highest BCUT2D eigenvalue weighted by atomic mass is 19.4. The standard InChI is InChI=1S/C13H19F3N2O2/c1-3-5-11(19-2)12(18-17)9-6-4-7-10(8-9)20-13(14,15)16/h4,6-8,11-12,18H,3,5,17H2,1-2H3. The fraction of sp³-hybridized carbons (Fsp3) is 0.538. The average molecular weight is 292 g/mol. The molecule has 0 aliphatic carbocycles. The number of nitrogens with one attached hydrogen (secondary N) is 1. The Hall–Kier alpha value is -1.31. The number of halogens is 3. The van der Waals surface area contributed by atoms with Crippen molar-refractivity contribution in [3.05, 3.63) is 29.8 Å². The topological polar surface area (TPSA) is 56.5 Å². The summed E-state index contributed by atoms with van der Waals surface area (Å²) in [6, 6.07) is 5.30. The molecule has 0 aliphatic heterocycles. The minimum Gasteiger partial charge on any atom is -0.406 e. The van der Waals surface area contributed by atoms with E-state index in [0.717, 1.165) is 12.8 Å². The summed E-state index contributed by atoms with van der Waals surface area (Å²) in [5.41, 5.74) is 3.16. The summed E-state index contributed by atoms with van der Waals surface area (Å²) in [6.45, 7) is 1.99. The number of ether oxygens (including phenoxy) is 2. The number of hydrogen-bond acceptors (Lipinski definition) is 4. The maximum absolute atomic E-state index is 12.2. The molecule has 1 aromatic carbocycles. The summed E-state index contributed by atoms with van der Waals surface area (Å²) in [4.78, 5) is 0. The highest BCUT2D eigenvalue weighted by Gasteiger charge is 2.31. The van der Waals surface area contributed by atoms with Crippen LogP contribution in [0, 0.1) is 0 Å². The SMILES string of the molecule is CCCC(OC)C(NN)c1cccc(OC(F)(F)F)c1. The molecule has 0 radical (unpaired) electrons. The number of methoxy groups -OCH3 is 1. The van der Waals surface area contributed by atoms with Crippen molar-refractivity contribution in [2.24, 2.45) is 5.84 Å². The van der Waals surface area contributed by atoms with Crippen LogP contribution in [0.5, 0.6) is 5.75 Å². The van der Waals surface area contributed by atoms with Crippen LogP contribution < -0.4 is 16.0 Å². The molecule has 0 amide bonds. The normalized spacial score (nSPS) is 14.9. The third-order valence-electron chi connectivity index (χ3n) is 2.88. The predicted molar refractivity (Wildman–Crippen MR) is 68.9 cm³/mol. The molecule has 0 saturated heterocycles. The third-order valence-corrected chi connectivity index (χ3v) is 2.88. The fourth-order valence-electron chi connectivity index (χ4n) is 2.03. The molecule has 0 fully saturated rings. The summed E-state index contributed by atoms with van der Waals surface area (Å²) < 4.78 is 45.9. The van der Waals surface area contributed by atoms with Gasteiger partial charge in [0.2, 0.25) is 0 Å². The van der Waals surface area contributed by atoms with Gasteiger partial charge in [-0.25, -0.2) is 0 Å². The third kappa shape index (κ3) is 4.99. The highest BCUT2D eigenvalue weighted by Crippen LogP contribution is 2.28. The Balaban J connectivity index is 2.95. The zero-order valence-corrected chi connectivity index (χ0v) is 11.4.